The van der Waals surface area contributed by atoms with Gasteiger partial charge in [0.2, 0.25) is 0 Å². The number of thiophene rings is 1. The highest BCUT2D eigenvalue weighted by atomic mass is 32.1. The number of anilines is 6. The van der Waals surface area contributed by atoms with Crippen LogP contribution in [0.25, 0.3) is 53.6 Å². The second kappa shape index (κ2) is 16.6. The first-order valence-corrected chi connectivity index (χ1v) is 27.5. The van der Waals surface area contributed by atoms with Crippen LogP contribution >= 0.6 is 11.3 Å². The molecule has 2 nitrogen and oxygen atoms in total. The Labute approximate surface area is 449 Å². The summed E-state index contributed by atoms with van der Waals surface area (Å²) >= 11 is 1.87. The van der Waals surface area contributed by atoms with Gasteiger partial charge in [-0.05, 0) is 145 Å². The predicted molar refractivity (Wildman–Crippen MR) is 321 cm³/mol. The number of nitrogens with zero attached hydrogens (tertiary/aromatic N) is 2. The molecule has 0 bridgehead atoms. The average molecular weight is 991 g/mol. The molecule has 0 N–H and O–H groups in total. The fraction of sp³-hybridized carbons (Fsp3) is 0.0959. The van der Waals surface area contributed by atoms with Gasteiger partial charge in [0, 0.05) is 53.8 Å². The number of hydrogen-bond donors (Lipinski definition) is 0. The third-order valence-electron chi connectivity index (χ3n) is 17.3. The molecule has 1 heterocycles. The molecule has 362 valence electrons. The molecule has 0 radical (unpaired) electrons. The van der Waals surface area contributed by atoms with E-state index < -0.39 is 5.41 Å². The summed E-state index contributed by atoms with van der Waals surface area (Å²) in [6, 6.07) is 96.0. The van der Waals surface area contributed by atoms with Crippen molar-refractivity contribution < 1.29 is 0 Å². The normalized spacial score (nSPS) is 14.6. The van der Waals surface area contributed by atoms with Crippen LogP contribution in [0.2, 0.25) is 0 Å². The second-order valence-corrected chi connectivity index (χ2v) is 23.1. The Morgan fingerprint density at radius 3 is 1.47 bits per heavy atom. The van der Waals surface area contributed by atoms with Crippen molar-refractivity contribution in [2.45, 2.75) is 43.9 Å². The van der Waals surface area contributed by atoms with Gasteiger partial charge in [-0.3, -0.25) is 0 Å². The second-order valence-electron chi connectivity index (χ2n) is 22.0. The van der Waals surface area contributed by atoms with Gasteiger partial charge in [-0.2, -0.15) is 0 Å². The van der Waals surface area contributed by atoms with Crippen LogP contribution in [0, 0.1) is 0 Å². The van der Waals surface area contributed by atoms with Gasteiger partial charge in [0.25, 0.3) is 0 Å². The van der Waals surface area contributed by atoms with Gasteiger partial charge in [-0.25, -0.2) is 0 Å². The Bertz CT molecular complexity index is 4280. The molecule has 0 amide bonds. The molecule has 11 aromatic carbocycles. The molecule has 15 rings (SSSR count). The van der Waals surface area contributed by atoms with Crippen LogP contribution in [0.4, 0.5) is 34.1 Å². The first-order chi connectivity index (χ1) is 37.2. The van der Waals surface area contributed by atoms with Crippen molar-refractivity contribution in [1.82, 2.24) is 0 Å². The predicted octanol–water partition coefficient (Wildman–Crippen LogP) is 20.0. The summed E-state index contributed by atoms with van der Waals surface area (Å²) in [6.45, 7) is 9.55. The van der Waals surface area contributed by atoms with Crippen LogP contribution in [0.3, 0.4) is 0 Å². The lowest BCUT2D eigenvalue weighted by atomic mass is 9.67. The summed E-state index contributed by atoms with van der Waals surface area (Å²) in [7, 11) is 0. The number of benzene rings is 11. The first kappa shape index (κ1) is 44.7. The molecule has 0 unspecified atom stereocenters. The number of hydrogen-bond acceptors (Lipinski definition) is 3. The minimum atomic E-state index is -0.564. The molecule has 0 saturated heterocycles. The number of fused-ring (bicyclic) bond motifs is 12. The van der Waals surface area contributed by atoms with Gasteiger partial charge < -0.3 is 9.80 Å². The molecule has 3 aliphatic rings. The van der Waals surface area contributed by atoms with Gasteiger partial charge in [0.1, 0.15) is 0 Å². The van der Waals surface area contributed by atoms with E-state index in [1.165, 1.54) is 104 Å². The molecule has 3 heteroatoms. The summed E-state index contributed by atoms with van der Waals surface area (Å²) in [5.41, 5.74) is 24.0. The molecule has 0 spiro atoms. The maximum absolute atomic E-state index is 2.56. The summed E-state index contributed by atoms with van der Waals surface area (Å²) in [5, 5.41) is 2.54. The van der Waals surface area contributed by atoms with Crippen LogP contribution in [-0.2, 0) is 16.2 Å². The van der Waals surface area contributed by atoms with E-state index in [0.717, 1.165) is 28.4 Å². The van der Waals surface area contributed by atoms with Gasteiger partial charge in [0.15, 0.2) is 0 Å². The van der Waals surface area contributed by atoms with E-state index in [4.69, 9.17) is 0 Å². The van der Waals surface area contributed by atoms with E-state index >= 15 is 0 Å². The summed E-state index contributed by atoms with van der Waals surface area (Å²) in [4.78, 5) is 5.09. The summed E-state index contributed by atoms with van der Waals surface area (Å²) in [6.07, 6.45) is 0. The zero-order valence-electron chi connectivity index (χ0n) is 43.1. The molecular formula is C73H54N2S. The highest BCUT2D eigenvalue weighted by Crippen LogP contribution is 2.59. The Morgan fingerprint density at radius 2 is 0.763 bits per heavy atom. The largest absolute Gasteiger partial charge is 0.310 e. The van der Waals surface area contributed by atoms with E-state index in [9.17, 15) is 0 Å². The smallest absolute Gasteiger partial charge is 0.0714 e. The highest BCUT2D eigenvalue weighted by molar-refractivity contribution is 7.26. The first-order valence-electron chi connectivity index (χ1n) is 26.7. The van der Waals surface area contributed by atoms with E-state index in [2.05, 4.69) is 292 Å². The third-order valence-corrected chi connectivity index (χ3v) is 18.4. The van der Waals surface area contributed by atoms with Crippen molar-refractivity contribution >= 4 is 65.6 Å². The summed E-state index contributed by atoms with van der Waals surface area (Å²) < 4.78 is 2.56. The van der Waals surface area contributed by atoms with E-state index in [1.807, 2.05) is 11.3 Å². The standard InChI is InChI=1S/C73H54N2S/c1-71(2)60-34-13-9-31-56(60)59-46-52(42-43-62(59)71)74(65-38-21-41-68-69(65)58-32-12-17-40-67(58)76-68)50-26-19-27-51(45-50)75(66-39-20-33-57-55-30-8-14-35-61(55)72(3,4)70(57)66)49-25-18-24-48(44-49)73(47-22-6-5-7-23-47)63-36-15-10-28-53(63)54-29-11-16-37-64(54)73/h5-46H,1-4H3. The Balaban J connectivity index is 0.993. The van der Waals surface area contributed by atoms with Crippen molar-refractivity contribution in [2.24, 2.45) is 0 Å². The zero-order chi connectivity index (χ0) is 50.9. The van der Waals surface area contributed by atoms with E-state index in [0.29, 0.717) is 0 Å². The van der Waals surface area contributed by atoms with Crippen molar-refractivity contribution in [3.63, 3.8) is 0 Å². The Hall–Kier alpha value is -8.76. The maximum Gasteiger partial charge on any atom is 0.0714 e. The topological polar surface area (TPSA) is 6.48 Å². The van der Waals surface area contributed by atoms with Crippen LogP contribution in [-0.4, -0.2) is 0 Å². The minimum absolute atomic E-state index is 0.112. The molecule has 0 aliphatic heterocycles. The average Bonchev–Trinajstić information content (AvgIpc) is 4.20. The van der Waals surface area contributed by atoms with Gasteiger partial charge in [0.05, 0.1) is 16.8 Å². The van der Waals surface area contributed by atoms with Gasteiger partial charge >= 0.3 is 0 Å². The van der Waals surface area contributed by atoms with Gasteiger partial charge in [-0.1, -0.05) is 216 Å². The summed E-state index contributed by atoms with van der Waals surface area (Å²) in [5.74, 6) is 0. The van der Waals surface area contributed by atoms with E-state index in [1.54, 1.807) is 0 Å². The fourth-order valence-electron chi connectivity index (χ4n) is 14.0. The van der Waals surface area contributed by atoms with Crippen molar-refractivity contribution in [3.05, 3.63) is 299 Å². The fourth-order valence-corrected chi connectivity index (χ4v) is 15.1. The van der Waals surface area contributed by atoms with Crippen molar-refractivity contribution in [1.29, 1.82) is 0 Å². The lowest BCUT2D eigenvalue weighted by molar-refractivity contribution is 0.660. The molecule has 0 atom stereocenters. The van der Waals surface area contributed by atoms with Crippen LogP contribution in [0.15, 0.2) is 255 Å². The quantitative estimate of drug-likeness (QED) is 0.150. The minimum Gasteiger partial charge on any atom is -0.310 e. The zero-order valence-corrected chi connectivity index (χ0v) is 43.9. The molecule has 1 aromatic heterocycles. The number of rotatable bonds is 8. The molecule has 0 saturated carbocycles. The van der Waals surface area contributed by atoms with Crippen molar-refractivity contribution in [3.8, 4) is 33.4 Å². The molecule has 0 fully saturated rings. The van der Waals surface area contributed by atoms with E-state index in [-0.39, 0.29) is 10.8 Å². The monoisotopic (exact) mass is 990 g/mol. The highest BCUT2D eigenvalue weighted by Gasteiger charge is 2.46. The molecular weight excluding hydrogens is 937 g/mol. The maximum atomic E-state index is 2.56. The lowest BCUT2D eigenvalue weighted by Crippen LogP contribution is -2.29. The van der Waals surface area contributed by atoms with Crippen LogP contribution < -0.4 is 9.80 Å². The SMILES string of the molecule is CC1(C)c2ccccc2-c2cc(N(c3cccc(N(c4cccc(C5(c6ccccc6)c6ccccc6-c6ccccc65)c4)c4cccc5c4C(C)(C)c4ccccc4-5)c3)c3cccc4sc5ccccc5c34)ccc21. The Morgan fingerprint density at radius 1 is 0.303 bits per heavy atom. The van der Waals surface area contributed by atoms with Crippen LogP contribution in [0.5, 0.6) is 0 Å². The Kier molecular flexibility index (Phi) is 9.78. The third kappa shape index (κ3) is 6.27. The molecule has 12 aromatic rings. The van der Waals surface area contributed by atoms with Crippen molar-refractivity contribution in [2.75, 3.05) is 9.80 Å². The van der Waals surface area contributed by atoms with Gasteiger partial charge in [-0.15, -0.1) is 11.3 Å². The molecule has 76 heavy (non-hydrogen) atoms. The molecule has 3 aliphatic carbocycles. The van der Waals surface area contributed by atoms with Crippen LogP contribution in [0.1, 0.15) is 72.2 Å². The lowest BCUT2D eigenvalue weighted by Gasteiger charge is -2.36.